The minimum atomic E-state index is -1.26. The first-order valence-electron chi connectivity index (χ1n) is 7.14. The van der Waals surface area contributed by atoms with Crippen molar-refractivity contribution in [3.05, 3.63) is 60.2 Å². The molecule has 0 atom stereocenters. The number of aromatic nitrogens is 1. The summed E-state index contributed by atoms with van der Waals surface area (Å²) in [6.45, 7) is 3.39. The van der Waals surface area contributed by atoms with Gasteiger partial charge in [0, 0.05) is 24.6 Å². The summed E-state index contributed by atoms with van der Waals surface area (Å²) in [7, 11) is 0. The third-order valence-corrected chi connectivity index (χ3v) is 3.44. The molecule has 0 aliphatic heterocycles. The maximum absolute atomic E-state index is 12.9. The molecule has 2 amide bonds. The second-order valence-electron chi connectivity index (χ2n) is 5.62. The number of benzene rings is 1. The quantitative estimate of drug-likeness (QED) is 0.833. The van der Waals surface area contributed by atoms with Crippen molar-refractivity contribution in [2.75, 3.05) is 5.32 Å². The van der Waals surface area contributed by atoms with Crippen molar-refractivity contribution >= 4 is 17.5 Å². The van der Waals surface area contributed by atoms with Gasteiger partial charge in [-0.15, -0.1) is 0 Å². The fourth-order valence-corrected chi connectivity index (χ4v) is 1.83. The van der Waals surface area contributed by atoms with Gasteiger partial charge in [0.05, 0.1) is 0 Å². The van der Waals surface area contributed by atoms with Crippen LogP contribution in [0.4, 0.5) is 10.1 Å². The molecule has 2 rings (SSSR count). The SMILES string of the molecule is CC(C)(C(=O)NCc1ccncc1)C(=O)Nc1ccc(F)cc1. The molecule has 120 valence electrons. The average molecular weight is 315 g/mol. The number of carbonyl (C=O) groups excluding carboxylic acids is 2. The van der Waals surface area contributed by atoms with E-state index in [1.807, 2.05) is 0 Å². The van der Waals surface area contributed by atoms with Gasteiger partial charge in [-0.2, -0.15) is 0 Å². The van der Waals surface area contributed by atoms with Crippen molar-refractivity contribution in [3.63, 3.8) is 0 Å². The molecular weight excluding hydrogens is 297 g/mol. The highest BCUT2D eigenvalue weighted by atomic mass is 19.1. The highest BCUT2D eigenvalue weighted by Crippen LogP contribution is 2.19. The zero-order valence-corrected chi connectivity index (χ0v) is 13.0. The molecule has 0 fully saturated rings. The highest BCUT2D eigenvalue weighted by molar-refractivity contribution is 6.09. The van der Waals surface area contributed by atoms with E-state index in [-0.39, 0.29) is 0 Å². The summed E-state index contributed by atoms with van der Waals surface area (Å²) in [6.07, 6.45) is 3.27. The van der Waals surface area contributed by atoms with Crippen molar-refractivity contribution < 1.29 is 14.0 Å². The molecule has 0 aliphatic carbocycles. The second kappa shape index (κ2) is 7.00. The van der Waals surface area contributed by atoms with E-state index in [4.69, 9.17) is 0 Å². The van der Waals surface area contributed by atoms with Gasteiger partial charge in [0.25, 0.3) is 0 Å². The van der Waals surface area contributed by atoms with Gasteiger partial charge in [0.15, 0.2) is 0 Å². The minimum Gasteiger partial charge on any atom is -0.351 e. The lowest BCUT2D eigenvalue weighted by atomic mass is 9.91. The number of pyridine rings is 1. The Hall–Kier alpha value is -2.76. The maximum Gasteiger partial charge on any atom is 0.239 e. The van der Waals surface area contributed by atoms with Gasteiger partial charge < -0.3 is 10.6 Å². The normalized spacial score (nSPS) is 10.9. The van der Waals surface area contributed by atoms with Crippen LogP contribution in [0, 0.1) is 11.2 Å². The predicted octanol–water partition coefficient (Wildman–Crippen LogP) is 2.50. The third-order valence-electron chi connectivity index (χ3n) is 3.44. The average Bonchev–Trinajstić information content (AvgIpc) is 2.55. The van der Waals surface area contributed by atoms with Gasteiger partial charge in [0.1, 0.15) is 11.2 Å². The topological polar surface area (TPSA) is 71.1 Å². The Morgan fingerprint density at radius 3 is 2.26 bits per heavy atom. The first-order chi connectivity index (χ1) is 10.9. The molecule has 1 aromatic carbocycles. The number of rotatable bonds is 5. The van der Waals surface area contributed by atoms with E-state index < -0.39 is 23.0 Å². The van der Waals surface area contributed by atoms with Crippen molar-refractivity contribution in [3.8, 4) is 0 Å². The number of carbonyl (C=O) groups is 2. The summed E-state index contributed by atoms with van der Waals surface area (Å²) >= 11 is 0. The van der Waals surface area contributed by atoms with Gasteiger partial charge in [-0.1, -0.05) is 0 Å². The van der Waals surface area contributed by atoms with Gasteiger partial charge in [-0.05, 0) is 55.8 Å². The summed E-state index contributed by atoms with van der Waals surface area (Å²) in [6, 6.07) is 8.94. The number of halogens is 1. The number of hydrogen-bond donors (Lipinski definition) is 2. The molecule has 0 saturated heterocycles. The Morgan fingerprint density at radius 1 is 1.04 bits per heavy atom. The highest BCUT2D eigenvalue weighted by Gasteiger charge is 2.35. The first-order valence-corrected chi connectivity index (χ1v) is 7.14. The summed E-state index contributed by atoms with van der Waals surface area (Å²) in [4.78, 5) is 28.5. The van der Waals surface area contributed by atoms with Crippen molar-refractivity contribution in [1.82, 2.24) is 10.3 Å². The lowest BCUT2D eigenvalue weighted by Gasteiger charge is -2.22. The Kier molecular flexibility index (Phi) is 5.05. The third kappa shape index (κ3) is 4.35. The largest absolute Gasteiger partial charge is 0.351 e. The Bertz CT molecular complexity index is 685. The van der Waals surface area contributed by atoms with Crippen molar-refractivity contribution in [1.29, 1.82) is 0 Å². The van der Waals surface area contributed by atoms with Gasteiger partial charge in [0.2, 0.25) is 11.8 Å². The molecule has 0 bridgehead atoms. The molecule has 1 aromatic heterocycles. The van der Waals surface area contributed by atoms with Crippen LogP contribution in [-0.4, -0.2) is 16.8 Å². The monoisotopic (exact) mass is 315 g/mol. The number of nitrogens with one attached hydrogen (secondary N) is 2. The standard InChI is InChI=1S/C17H18FN3O2/c1-17(2,15(22)20-11-12-7-9-19-10-8-12)16(23)21-14-5-3-13(18)4-6-14/h3-10H,11H2,1-2H3,(H,20,22)(H,21,23). The molecule has 2 aromatic rings. The molecule has 0 unspecified atom stereocenters. The van der Waals surface area contributed by atoms with E-state index >= 15 is 0 Å². The maximum atomic E-state index is 12.9. The fourth-order valence-electron chi connectivity index (χ4n) is 1.83. The summed E-state index contributed by atoms with van der Waals surface area (Å²) < 4.78 is 12.9. The summed E-state index contributed by atoms with van der Waals surface area (Å²) in [5, 5.41) is 5.34. The molecule has 1 heterocycles. The van der Waals surface area contributed by atoms with Gasteiger partial charge >= 0.3 is 0 Å². The number of hydrogen-bond acceptors (Lipinski definition) is 3. The van der Waals surface area contributed by atoms with Crippen LogP contribution >= 0.6 is 0 Å². The molecule has 2 N–H and O–H groups in total. The van der Waals surface area contributed by atoms with Crippen LogP contribution in [0.15, 0.2) is 48.8 Å². The van der Waals surface area contributed by atoms with Crippen LogP contribution in [0.5, 0.6) is 0 Å². The smallest absolute Gasteiger partial charge is 0.239 e. The number of anilines is 1. The zero-order chi connectivity index (χ0) is 16.9. The fraction of sp³-hybridized carbons (Fsp3) is 0.235. The van der Waals surface area contributed by atoms with Crippen LogP contribution in [-0.2, 0) is 16.1 Å². The number of nitrogens with zero attached hydrogens (tertiary/aromatic N) is 1. The zero-order valence-electron chi connectivity index (χ0n) is 13.0. The number of amides is 2. The van der Waals surface area contributed by atoms with Gasteiger partial charge in [-0.25, -0.2) is 4.39 Å². The first kappa shape index (κ1) is 16.6. The van der Waals surface area contributed by atoms with E-state index in [2.05, 4.69) is 15.6 Å². The van der Waals surface area contributed by atoms with E-state index in [9.17, 15) is 14.0 Å². The Morgan fingerprint density at radius 2 is 1.65 bits per heavy atom. The molecular formula is C17H18FN3O2. The Labute approximate surface area is 133 Å². The van der Waals surface area contributed by atoms with Crippen LogP contribution in [0.1, 0.15) is 19.4 Å². The van der Waals surface area contributed by atoms with Crippen LogP contribution in [0.2, 0.25) is 0 Å². The van der Waals surface area contributed by atoms with Crippen LogP contribution in [0.3, 0.4) is 0 Å². The van der Waals surface area contributed by atoms with Crippen LogP contribution < -0.4 is 10.6 Å². The van der Waals surface area contributed by atoms with E-state index in [0.29, 0.717) is 12.2 Å². The van der Waals surface area contributed by atoms with E-state index in [1.54, 1.807) is 24.5 Å². The van der Waals surface area contributed by atoms with Crippen molar-refractivity contribution in [2.24, 2.45) is 5.41 Å². The molecule has 6 heteroatoms. The predicted molar refractivity (Wildman–Crippen MR) is 84.9 cm³/mol. The van der Waals surface area contributed by atoms with Crippen LogP contribution in [0.25, 0.3) is 0 Å². The lowest BCUT2D eigenvalue weighted by Crippen LogP contribution is -2.44. The lowest BCUT2D eigenvalue weighted by molar-refractivity contribution is -0.138. The van der Waals surface area contributed by atoms with Crippen molar-refractivity contribution in [2.45, 2.75) is 20.4 Å². The molecule has 0 aliphatic rings. The minimum absolute atomic E-state index is 0.314. The van der Waals surface area contributed by atoms with Gasteiger partial charge in [-0.3, -0.25) is 14.6 Å². The summed E-state index contributed by atoms with van der Waals surface area (Å²) in [5.74, 6) is -1.25. The van der Waals surface area contributed by atoms with E-state index in [1.165, 1.54) is 38.1 Å². The molecule has 0 saturated carbocycles. The molecule has 23 heavy (non-hydrogen) atoms. The van der Waals surface area contributed by atoms with E-state index in [0.717, 1.165) is 5.56 Å². The Balaban J connectivity index is 1.97. The second-order valence-corrected chi connectivity index (χ2v) is 5.62. The molecule has 5 nitrogen and oxygen atoms in total. The molecule has 0 spiro atoms. The summed E-state index contributed by atoms with van der Waals surface area (Å²) in [5.41, 5.74) is 0.0658. The molecule has 0 radical (unpaired) electrons.